The van der Waals surface area contributed by atoms with E-state index in [4.69, 9.17) is 0 Å². The lowest BCUT2D eigenvalue weighted by Gasteiger charge is -2.30. The summed E-state index contributed by atoms with van der Waals surface area (Å²) >= 11 is 0. The van der Waals surface area contributed by atoms with E-state index in [0.29, 0.717) is 12.0 Å². The number of halogens is 3. The highest BCUT2D eigenvalue weighted by Gasteiger charge is 2.32. The van der Waals surface area contributed by atoms with Gasteiger partial charge in [0, 0.05) is 26.1 Å². The molecule has 1 saturated heterocycles. The first kappa shape index (κ1) is 20.6. The van der Waals surface area contributed by atoms with Gasteiger partial charge in [-0.2, -0.15) is 13.2 Å². The van der Waals surface area contributed by atoms with E-state index in [9.17, 15) is 18.0 Å². The van der Waals surface area contributed by atoms with Crippen molar-refractivity contribution in [2.45, 2.75) is 32.4 Å². The first-order valence-corrected chi connectivity index (χ1v) is 10.3. The Bertz CT molecular complexity index is 1020. The number of fused-ring (bicyclic) bond motifs is 2. The van der Waals surface area contributed by atoms with Crippen molar-refractivity contribution >= 4 is 23.5 Å². The highest BCUT2D eigenvalue weighted by Crippen LogP contribution is 2.41. The minimum absolute atomic E-state index is 0.177. The Morgan fingerprint density at radius 2 is 1.63 bits per heavy atom. The molecule has 1 aliphatic carbocycles. The largest absolute Gasteiger partial charge is 0.416 e. The average molecular weight is 411 g/mol. The van der Waals surface area contributed by atoms with Crippen LogP contribution in [0.25, 0.3) is 17.7 Å². The van der Waals surface area contributed by atoms with Crippen molar-refractivity contribution in [3.63, 3.8) is 0 Å². The molecular formula is C25H24F3NO. The smallest absolute Gasteiger partial charge is 0.302 e. The van der Waals surface area contributed by atoms with Gasteiger partial charge in [0.05, 0.1) is 5.56 Å². The van der Waals surface area contributed by atoms with Crippen molar-refractivity contribution in [1.29, 1.82) is 0 Å². The number of alkyl halides is 3. The number of nitrogens with zero attached hydrogens (tertiary/aromatic N) is 1. The molecule has 0 amide bonds. The minimum atomic E-state index is -4.38. The number of rotatable bonds is 3. The first-order chi connectivity index (χ1) is 14.3. The van der Waals surface area contributed by atoms with Crippen LogP contribution in [0.15, 0.2) is 48.0 Å². The molecule has 0 saturated carbocycles. The van der Waals surface area contributed by atoms with Gasteiger partial charge in [-0.15, -0.1) is 0 Å². The Labute approximate surface area is 174 Å². The van der Waals surface area contributed by atoms with Crippen LogP contribution in [0.2, 0.25) is 0 Å². The summed E-state index contributed by atoms with van der Waals surface area (Å²) in [6.07, 6.45) is 1.63. The maximum absolute atomic E-state index is 13.5. The maximum Gasteiger partial charge on any atom is 0.416 e. The number of benzene rings is 2. The Kier molecular flexibility index (Phi) is 5.65. The Morgan fingerprint density at radius 3 is 2.30 bits per heavy atom. The Hall–Kier alpha value is -2.66. The fourth-order valence-corrected chi connectivity index (χ4v) is 4.28. The molecule has 0 aromatic heterocycles. The lowest BCUT2D eigenvalue weighted by atomic mass is 9.85. The monoisotopic (exact) mass is 411 g/mol. The van der Waals surface area contributed by atoms with Crippen LogP contribution >= 0.6 is 0 Å². The van der Waals surface area contributed by atoms with Crippen LogP contribution in [0.4, 0.5) is 13.2 Å². The molecule has 0 radical (unpaired) electrons. The molecule has 1 aliphatic heterocycles. The number of hydrogen-bond donors (Lipinski definition) is 0. The molecule has 0 bridgehead atoms. The van der Waals surface area contributed by atoms with E-state index >= 15 is 0 Å². The summed E-state index contributed by atoms with van der Waals surface area (Å²) in [4.78, 5) is 13.6. The number of carbonyl (C=O) groups excluding carboxylic acids is 1. The summed E-state index contributed by atoms with van der Waals surface area (Å²) in [6.45, 7) is 3.97. The van der Waals surface area contributed by atoms with Crippen molar-refractivity contribution in [3.8, 4) is 0 Å². The first-order valence-electron chi connectivity index (χ1n) is 10.3. The zero-order chi connectivity index (χ0) is 21.3. The van der Waals surface area contributed by atoms with E-state index in [0.717, 1.165) is 60.8 Å². The normalized spacial score (nSPS) is 16.8. The number of ketones is 1. The summed E-state index contributed by atoms with van der Waals surface area (Å²) in [5.41, 5.74) is 4.96. The summed E-state index contributed by atoms with van der Waals surface area (Å²) in [7, 11) is 0. The van der Waals surface area contributed by atoms with Gasteiger partial charge in [0.15, 0.2) is 0 Å². The molecule has 5 heteroatoms. The molecule has 1 heterocycles. The van der Waals surface area contributed by atoms with Gasteiger partial charge in [-0.1, -0.05) is 48.1 Å². The molecule has 2 aromatic carbocycles. The minimum Gasteiger partial charge on any atom is -0.302 e. The number of piperidine rings is 1. The third-order valence-electron chi connectivity index (χ3n) is 5.92. The summed E-state index contributed by atoms with van der Waals surface area (Å²) in [6, 6.07) is 11.9. The second kappa shape index (κ2) is 8.23. The molecule has 1 fully saturated rings. The van der Waals surface area contributed by atoms with E-state index in [2.05, 4.69) is 4.90 Å². The van der Waals surface area contributed by atoms with E-state index in [1.54, 1.807) is 13.0 Å². The van der Waals surface area contributed by atoms with Crippen LogP contribution in [0, 0.1) is 0 Å². The highest BCUT2D eigenvalue weighted by atomic mass is 19.4. The SMILES string of the molecule is CC(=O)CCN1CCC(=C2c3ccccc3C=Cc3ccc(C(F)(F)F)cc32)CC1. The van der Waals surface area contributed by atoms with E-state index in [1.165, 1.54) is 11.6 Å². The molecule has 0 atom stereocenters. The van der Waals surface area contributed by atoms with E-state index < -0.39 is 11.7 Å². The van der Waals surface area contributed by atoms with Gasteiger partial charge in [0.1, 0.15) is 5.78 Å². The number of Topliss-reactive ketones (excluding diaryl/α,β-unsaturated/α-hetero) is 1. The van der Waals surface area contributed by atoms with Crippen LogP contribution in [-0.2, 0) is 11.0 Å². The summed E-state index contributed by atoms with van der Waals surface area (Å²) in [5, 5.41) is 0. The second-order valence-electron chi connectivity index (χ2n) is 7.99. The fourth-order valence-electron chi connectivity index (χ4n) is 4.28. The summed E-state index contributed by atoms with van der Waals surface area (Å²) in [5.74, 6) is 0.177. The van der Waals surface area contributed by atoms with Crippen molar-refractivity contribution in [2.24, 2.45) is 0 Å². The van der Waals surface area contributed by atoms with Crippen molar-refractivity contribution < 1.29 is 18.0 Å². The second-order valence-corrected chi connectivity index (χ2v) is 7.99. The molecule has 30 heavy (non-hydrogen) atoms. The molecule has 2 nitrogen and oxygen atoms in total. The van der Waals surface area contributed by atoms with Crippen LogP contribution in [0.3, 0.4) is 0 Å². The summed E-state index contributed by atoms with van der Waals surface area (Å²) < 4.78 is 40.4. The quantitative estimate of drug-likeness (QED) is 0.522. The van der Waals surface area contributed by atoms with Gasteiger partial charge >= 0.3 is 6.18 Å². The van der Waals surface area contributed by atoms with Crippen molar-refractivity contribution in [2.75, 3.05) is 19.6 Å². The third-order valence-corrected chi connectivity index (χ3v) is 5.92. The zero-order valence-corrected chi connectivity index (χ0v) is 16.9. The topological polar surface area (TPSA) is 20.3 Å². The Morgan fingerprint density at radius 1 is 0.967 bits per heavy atom. The van der Waals surface area contributed by atoms with Crippen molar-refractivity contribution in [3.05, 3.63) is 75.9 Å². The predicted octanol–water partition coefficient (Wildman–Crippen LogP) is 6.07. The predicted molar refractivity (Wildman–Crippen MR) is 114 cm³/mol. The average Bonchev–Trinajstić information content (AvgIpc) is 2.88. The van der Waals surface area contributed by atoms with Crippen LogP contribution in [0.5, 0.6) is 0 Å². The molecule has 2 aliphatic rings. The molecule has 2 aromatic rings. The number of carbonyl (C=O) groups is 1. The molecule has 0 spiro atoms. The Balaban J connectivity index is 1.78. The third kappa shape index (κ3) is 4.26. The molecule has 4 rings (SSSR count). The van der Waals surface area contributed by atoms with Gasteiger partial charge < -0.3 is 4.90 Å². The molecular weight excluding hydrogens is 387 g/mol. The van der Waals surface area contributed by atoms with Gasteiger partial charge in [0.2, 0.25) is 0 Å². The van der Waals surface area contributed by atoms with Gasteiger partial charge in [-0.25, -0.2) is 0 Å². The van der Waals surface area contributed by atoms with E-state index in [-0.39, 0.29) is 5.78 Å². The molecule has 0 N–H and O–H groups in total. The molecule has 156 valence electrons. The van der Waals surface area contributed by atoms with Gasteiger partial charge in [-0.05, 0) is 59.7 Å². The van der Waals surface area contributed by atoms with Crippen LogP contribution < -0.4 is 0 Å². The number of likely N-dealkylation sites (tertiary alicyclic amines) is 1. The maximum atomic E-state index is 13.5. The lowest BCUT2D eigenvalue weighted by molar-refractivity contribution is -0.137. The number of hydrogen-bond acceptors (Lipinski definition) is 2. The van der Waals surface area contributed by atoms with Gasteiger partial charge in [-0.3, -0.25) is 4.79 Å². The van der Waals surface area contributed by atoms with Crippen LogP contribution in [-0.4, -0.2) is 30.3 Å². The zero-order valence-electron chi connectivity index (χ0n) is 16.9. The molecule has 0 unspecified atom stereocenters. The fraction of sp³-hybridized carbons (Fsp3) is 0.320. The highest BCUT2D eigenvalue weighted by molar-refractivity contribution is 5.95. The van der Waals surface area contributed by atoms with Crippen LogP contribution in [0.1, 0.15) is 54.0 Å². The van der Waals surface area contributed by atoms with E-state index in [1.807, 2.05) is 36.4 Å². The standard InChI is InChI=1S/C25H24F3NO/c1-17(30)10-13-29-14-11-20(12-15-29)24-22-5-3-2-4-18(22)6-7-19-8-9-21(16-23(19)24)25(26,27)28/h2-9,16H,10-15H2,1H3. The van der Waals surface area contributed by atoms with Crippen molar-refractivity contribution in [1.82, 2.24) is 4.90 Å². The lowest BCUT2D eigenvalue weighted by Crippen LogP contribution is -2.32. The van der Waals surface area contributed by atoms with Gasteiger partial charge in [0.25, 0.3) is 0 Å².